The molecule has 0 aliphatic heterocycles. The minimum Gasteiger partial charge on any atom is -0.298 e. The van der Waals surface area contributed by atoms with E-state index in [4.69, 9.17) is 0 Å². The normalized spacial score (nSPS) is 9.40. The average molecular weight is 152 g/mol. The molecular formula is C8H8OS. The monoisotopic (exact) mass is 152 g/mol. The molecule has 1 nitrogen and oxygen atoms in total. The molecule has 2 heteroatoms. The van der Waals surface area contributed by atoms with E-state index in [1.165, 1.54) is 0 Å². The molecule has 0 saturated heterocycles. The maximum atomic E-state index is 10.3. The Hall–Kier alpha value is -0.760. The Morgan fingerprint density at radius 3 is 2.70 bits per heavy atom. The second-order valence-corrected chi connectivity index (χ2v) is 2.68. The minimum atomic E-state index is 0.715. The van der Waals surface area contributed by atoms with Crippen LogP contribution >= 0.6 is 12.6 Å². The molecule has 1 aromatic carbocycles. The molecule has 0 spiro atoms. The van der Waals surface area contributed by atoms with Crippen molar-refractivity contribution in [3.63, 3.8) is 0 Å². The Morgan fingerprint density at radius 2 is 2.20 bits per heavy atom. The van der Waals surface area contributed by atoms with Crippen molar-refractivity contribution in [2.45, 2.75) is 11.8 Å². The fourth-order valence-corrected chi connectivity index (χ4v) is 0.968. The van der Waals surface area contributed by atoms with Gasteiger partial charge in [0.05, 0.1) is 0 Å². The molecule has 0 heterocycles. The summed E-state index contributed by atoms with van der Waals surface area (Å²) >= 11 is 4.10. The molecule has 0 atom stereocenters. The van der Waals surface area contributed by atoms with Gasteiger partial charge < -0.3 is 0 Å². The Bertz CT molecular complexity index is 255. The van der Waals surface area contributed by atoms with Crippen molar-refractivity contribution in [2.24, 2.45) is 0 Å². The number of rotatable bonds is 1. The standard InChI is InChI=1S/C8H8OS/c1-6-2-3-8(10)4-7(6)5-9/h2-5,10H,1H3. The maximum Gasteiger partial charge on any atom is 0.150 e. The number of hydrogen-bond acceptors (Lipinski definition) is 2. The van der Waals surface area contributed by atoms with Crippen LogP contribution in [0.25, 0.3) is 0 Å². The third-order valence-corrected chi connectivity index (χ3v) is 1.67. The third kappa shape index (κ3) is 1.39. The zero-order valence-corrected chi connectivity index (χ0v) is 6.56. The highest BCUT2D eigenvalue weighted by Crippen LogP contribution is 2.11. The summed E-state index contributed by atoms with van der Waals surface area (Å²) in [6.45, 7) is 1.90. The van der Waals surface area contributed by atoms with E-state index in [1.807, 2.05) is 19.1 Å². The highest BCUT2D eigenvalue weighted by molar-refractivity contribution is 7.80. The van der Waals surface area contributed by atoms with Crippen molar-refractivity contribution in [1.29, 1.82) is 0 Å². The predicted molar refractivity (Wildman–Crippen MR) is 43.8 cm³/mol. The lowest BCUT2D eigenvalue weighted by Gasteiger charge is -1.96. The first-order chi connectivity index (χ1) is 4.74. The van der Waals surface area contributed by atoms with Crippen molar-refractivity contribution in [3.05, 3.63) is 29.3 Å². The second-order valence-electron chi connectivity index (χ2n) is 2.16. The van der Waals surface area contributed by atoms with Gasteiger partial charge in [0.25, 0.3) is 0 Å². The molecule has 0 bridgehead atoms. The highest BCUT2D eigenvalue weighted by Gasteiger charge is 1.94. The van der Waals surface area contributed by atoms with Crippen LogP contribution in [-0.2, 0) is 0 Å². The first kappa shape index (κ1) is 7.35. The fourth-order valence-electron chi connectivity index (χ4n) is 0.755. The fraction of sp³-hybridized carbons (Fsp3) is 0.125. The summed E-state index contributed by atoms with van der Waals surface area (Å²) in [6, 6.07) is 5.50. The van der Waals surface area contributed by atoms with Crippen molar-refractivity contribution < 1.29 is 4.79 Å². The third-order valence-electron chi connectivity index (χ3n) is 1.39. The van der Waals surface area contributed by atoms with E-state index in [9.17, 15) is 4.79 Å². The molecule has 0 saturated carbocycles. The van der Waals surface area contributed by atoms with Gasteiger partial charge >= 0.3 is 0 Å². The van der Waals surface area contributed by atoms with E-state index in [2.05, 4.69) is 12.6 Å². The summed E-state index contributed by atoms with van der Waals surface area (Å²) in [4.78, 5) is 11.2. The number of aldehydes is 1. The summed E-state index contributed by atoms with van der Waals surface area (Å²) in [7, 11) is 0. The van der Waals surface area contributed by atoms with Gasteiger partial charge in [-0.05, 0) is 24.6 Å². The van der Waals surface area contributed by atoms with Crippen molar-refractivity contribution >= 4 is 18.9 Å². The maximum absolute atomic E-state index is 10.3. The lowest BCUT2D eigenvalue weighted by atomic mass is 10.1. The average Bonchev–Trinajstić information content (AvgIpc) is 1.94. The van der Waals surface area contributed by atoms with Gasteiger partial charge in [0.2, 0.25) is 0 Å². The number of thiol groups is 1. The van der Waals surface area contributed by atoms with Crippen LogP contribution in [0.3, 0.4) is 0 Å². The van der Waals surface area contributed by atoms with Crippen molar-refractivity contribution in [2.75, 3.05) is 0 Å². The quantitative estimate of drug-likeness (QED) is 0.481. The second kappa shape index (κ2) is 2.88. The van der Waals surface area contributed by atoms with Gasteiger partial charge in [0.1, 0.15) is 6.29 Å². The zero-order chi connectivity index (χ0) is 7.56. The summed E-state index contributed by atoms with van der Waals surface area (Å²) in [6.07, 6.45) is 0.842. The van der Waals surface area contributed by atoms with E-state index >= 15 is 0 Å². The predicted octanol–water partition coefficient (Wildman–Crippen LogP) is 2.10. The molecule has 0 unspecified atom stereocenters. The largest absolute Gasteiger partial charge is 0.298 e. The first-order valence-electron chi connectivity index (χ1n) is 2.99. The van der Waals surface area contributed by atoms with E-state index in [0.717, 1.165) is 16.7 Å². The van der Waals surface area contributed by atoms with Crippen LogP contribution in [0.1, 0.15) is 15.9 Å². The minimum absolute atomic E-state index is 0.715. The Labute approximate surface area is 65.5 Å². The highest BCUT2D eigenvalue weighted by atomic mass is 32.1. The van der Waals surface area contributed by atoms with Gasteiger partial charge in [-0.1, -0.05) is 6.07 Å². The molecule has 0 aromatic heterocycles. The number of carbonyl (C=O) groups is 1. The van der Waals surface area contributed by atoms with E-state index < -0.39 is 0 Å². The molecule has 0 fully saturated rings. The SMILES string of the molecule is Cc1ccc(S)cc1C=O. The van der Waals surface area contributed by atoms with Crippen LogP contribution < -0.4 is 0 Å². The van der Waals surface area contributed by atoms with Crippen LogP contribution in [0, 0.1) is 6.92 Å². The van der Waals surface area contributed by atoms with Gasteiger partial charge in [-0.25, -0.2) is 0 Å². The van der Waals surface area contributed by atoms with Crippen molar-refractivity contribution in [1.82, 2.24) is 0 Å². The summed E-state index contributed by atoms with van der Waals surface area (Å²) in [5.74, 6) is 0. The molecule has 0 radical (unpaired) electrons. The van der Waals surface area contributed by atoms with Crippen LogP contribution in [0.5, 0.6) is 0 Å². The van der Waals surface area contributed by atoms with Gasteiger partial charge in [-0.3, -0.25) is 4.79 Å². The zero-order valence-electron chi connectivity index (χ0n) is 5.66. The summed E-state index contributed by atoms with van der Waals surface area (Å²) < 4.78 is 0. The number of benzene rings is 1. The molecule has 1 rings (SSSR count). The molecule has 10 heavy (non-hydrogen) atoms. The van der Waals surface area contributed by atoms with E-state index in [0.29, 0.717) is 5.56 Å². The van der Waals surface area contributed by atoms with Crippen LogP contribution in [0.2, 0.25) is 0 Å². The smallest absolute Gasteiger partial charge is 0.150 e. The Balaban J connectivity index is 3.21. The van der Waals surface area contributed by atoms with Crippen LogP contribution in [0.4, 0.5) is 0 Å². The molecule has 0 aliphatic rings. The molecule has 52 valence electrons. The van der Waals surface area contributed by atoms with Gasteiger partial charge in [-0.15, -0.1) is 12.6 Å². The number of carbonyl (C=O) groups excluding carboxylic acids is 1. The van der Waals surface area contributed by atoms with Crippen LogP contribution in [-0.4, -0.2) is 6.29 Å². The number of aryl methyl sites for hydroxylation is 1. The lowest BCUT2D eigenvalue weighted by molar-refractivity contribution is 0.112. The molecular weight excluding hydrogens is 144 g/mol. The topological polar surface area (TPSA) is 17.1 Å². The molecule has 0 amide bonds. The van der Waals surface area contributed by atoms with Crippen LogP contribution in [0.15, 0.2) is 23.1 Å². The molecule has 0 N–H and O–H groups in total. The van der Waals surface area contributed by atoms with E-state index in [-0.39, 0.29) is 0 Å². The van der Waals surface area contributed by atoms with Gasteiger partial charge in [0, 0.05) is 10.5 Å². The summed E-state index contributed by atoms with van der Waals surface area (Å²) in [5, 5.41) is 0. The van der Waals surface area contributed by atoms with Gasteiger partial charge in [0.15, 0.2) is 0 Å². The number of hydrogen-bond donors (Lipinski definition) is 1. The Kier molecular flexibility index (Phi) is 2.12. The molecule has 1 aromatic rings. The van der Waals surface area contributed by atoms with Crippen molar-refractivity contribution in [3.8, 4) is 0 Å². The van der Waals surface area contributed by atoms with E-state index in [1.54, 1.807) is 6.07 Å². The molecule has 0 aliphatic carbocycles. The lowest BCUT2D eigenvalue weighted by Crippen LogP contribution is -1.84. The first-order valence-corrected chi connectivity index (χ1v) is 3.43. The van der Waals surface area contributed by atoms with Gasteiger partial charge in [-0.2, -0.15) is 0 Å². The Morgan fingerprint density at radius 1 is 1.50 bits per heavy atom. The summed E-state index contributed by atoms with van der Waals surface area (Å²) in [5.41, 5.74) is 1.71.